The van der Waals surface area contributed by atoms with Crippen LogP contribution in [0.1, 0.15) is 125 Å². The zero-order chi connectivity index (χ0) is 96.5. The highest BCUT2D eigenvalue weighted by molar-refractivity contribution is 7.93. The summed E-state index contributed by atoms with van der Waals surface area (Å²) in [4.78, 5) is -0.292. The number of halogens is 3. The summed E-state index contributed by atoms with van der Waals surface area (Å²) in [7, 11) is -11.2. The Morgan fingerprint density at radius 3 is 1.14 bits per heavy atom. The van der Waals surface area contributed by atoms with Gasteiger partial charge in [-0.05, 0) is 236 Å². The maximum atomic E-state index is 14.7. The number of ether oxygens (including phenoxy) is 3. The molecule has 0 aliphatic carbocycles. The van der Waals surface area contributed by atoms with Crippen LogP contribution in [0.3, 0.4) is 0 Å². The number of nitrogens with zero attached hydrogens (tertiary/aromatic N) is 15. The van der Waals surface area contributed by atoms with Crippen molar-refractivity contribution >= 4 is 35.8 Å². The smallest absolute Gasteiger partial charge is 0.495 e. The number of anilines is 1. The van der Waals surface area contributed by atoms with E-state index in [-0.39, 0.29) is 51.7 Å². The second-order valence-electron chi connectivity index (χ2n) is 32.7. The molecule has 24 nitrogen and oxygen atoms in total. The van der Waals surface area contributed by atoms with Crippen molar-refractivity contribution in [1.29, 1.82) is 15.8 Å². The Morgan fingerprint density at radius 1 is 0.360 bits per heavy atom. The van der Waals surface area contributed by atoms with Crippen molar-refractivity contribution in [1.82, 2.24) is 52.9 Å². The van der Waals surface area contributed by atoms with Crippen LogP contribution in [0.15, 0.2) is 349 Å². The largest absolute Gasteiger partial charge is 0.573 e. The van der Waals surface area contributed by atoms with Crippen LogP contribution in [0.5, 0.6) is 23.0 Å². The van der Waals surface area contributed by atoms with E-state index in [1.165, 1.54) is 33.7 Å². The van der Waals surface area contributed by atoms with E-state index in [0.717, 1.165) is 90.5 Å². The highest BCUT2D eigenvalue weighted by Gasteiger charge is 2.38. The molecule has 0 amide bonds. The number of sulfonamides is 3. The molecule has 0 unspecified atom stereocenters. The van der Waals surface area contributed by atoms with Gasteiger partial charge < -0.3 is 27.9 Å². The lowest BCUT2D eigenvalue weighted by molar-refractivity contribution is -0.275. The Bertz CT molecular complexity index is 7300. The number of alkyl halides is 3. The average Bonchev–Trinajstić information content (AvgIpc) is 1.68. The van der Waals surface area contributed by atoms with Gasteiger partial charge in [-0.3, -0.25) is 4.31 Å². The molecule has 0 atom stereocenters. The van der Waals surface area contributed by atoms with E-state index in [1.54, 1.807) is 131 Å². The molecule has 0 N–H and O–H groups in total. The van der Waals surface area contributed by atoms with Crippen LogP contribution in [0.4, 0.5) is 18.9 Å². The molecule has 16 rings (SSSR count). The number of benzene rings is 13. The summed E-state index contributed by atoms with van der Waals surface area (Å²) >= 11 is 0. The minimum Gasteiger partial charge on any atom is -0.495 e. The van der Waals surface area contributed by atoms with Crippen molar-refractivity contribution in [2.45, 2.75) is 141 Å². The lowest BCUT2D eigenvalue weighted by Crippen LogP contribution is -2.33. The number of hydrogen-bond acceptors (Lipinski definition) is 18. The molecule has 0 aliphatic heterocycles. The van der Waals surface area contributed by atoms with Crippen molar-refractivity contribution in [3.05, 3.63) is 419 Å². The molecule has 139 heavy (non-hydrogen) atoms. The first-order chi connectivity index (χ1) is 66.2. The summed E-state index contributed by atoms with van der Waals surface area (Å²) in [6.45, 7) is 9.02. The average molecular weight is 1920 g/mol. The van der Waals surface area contributed by atoms with Crippen molar-refractivity contribution in [3.63, 3.8) is 0 Å². The second-order valence-corrected chi connectivity index (χ2v) is 38.3. The van der Waals surface area contributed by atoms with E-state index in [4.69, 9.17) is 20.0 Å². The van der Waals surface area contributed by atoms with Gasteiger partial charge in [-0.25, -0.2) is 25.3 Å². The maximum Gasteiger partial charge on any atom is 0.573 e. The molecule has 0 saturated carbocycles. The quantitative estimate of drug-likeness (QED) is 0.0329. The minimum atomic E-state index is -5.13. The fraction of sp³-hybridized carbons (Fsp3) is 0.202. The molecular formula is C109H106F3N15O9S3. The lowest BCUT2D eigenvalue weighted by atomic mass is 10.0. The van der Waals surface area contributed by atoms with Crippen molar-refractivity contribution in [2.75, 3.05) is 24.5 Å². The first-order valence-corrected chi connectivity index (χ1v) is 48.4. The van der Waals surface area contributed by atoms with Crippen LogP contribution in [0.25, 0.3) is 33.4 Å². The SMILES string of the molecule is C.C.COc1ccc(-c2cccc(C)c2)cc1S(=O)(=O)N(Cc1nncn1Cc1ccc(C#N)cc1)c1ccc(Oc2ccccc2)cc1.Cc1cccc(-c2ccc(S(=O)(=O)N(CCCCc3ccccc3)Cc3nncn3Cc3ccc(C#N)cc3)c(C)c2)c1.Cc1cccc(-c2ccc(S(=O)(=O)N(CCCCc3ccccc3)Cc3nncn3Cc3ccc(C#N)cc3)c(OC(F)(F)F)c2)c1. The molecule has 0 fully saturated rings. The summed E-state index contributed by atoms with van der Waals surface area (Å²) in [5, 5.41) is 52.4. The molecule has 0 radical (unpaired) electrons. The van der Waals surface area contributed by atoms with Crippen LogP contribution in [0, 0.1) is 61.7 Å². The van der Waals surface area contributed by atoms with E-state index in [9.17, 15) is 43.7 Å². The molecule has 3 aromatic heterocycles. The van der Waals surface area contributed by atoms with Gasteiger partial charge in [0, 0.05) is 13.1 Å². The number of aryl methyl sites for hydroxylation is 6. The molecule has 710 valence electrons. The van der Waals surface area contributed by atoms with Crippen LogP contribution < -0.4 is 18.5 Å². The predicted molar refractivity (Wildman–Crippen MR) is 532 cm³/mol. The Labute approximate surface area is 810 Å². The lowest BCUT2D eigenvalue weighted by Gasteiger charge is -2.26. The monoisotopic (exact) mass is 1920 g/mol. The maximum absolute atomic E-state index is 14.7. The first-order valence-electron chi connectivity index (χ1n) is 44.1. The summed E-state index contributed by atoms with van der Waals surface area (Å²) in [5.74, 6) is 1.91. The second kappa shape index (κ2) is 47.8. The summed E-state index contributed by atoms with van der Waals surface area (Å²) < 4.78 is 153. The summed E-state index contributed by atoms with van der Waals surface area (Å²) in [5.41, 5.74) is 15.6. The topological polar surface area (TPSA) is 303 Å². The van der Waals surface area contributed by atoms with Crippen LogP contribution in [-0.4, -0.2) is 105 Å². The van der Waals surface area contributed by atoms with Crippen LogP contribution in [-0.2, 0) is 82.2 Å². The zero-order valence-corrected chi connectivity index (χ0v) is 78.3. The number of rotatable bonds is 36. The van der Waals surface area contributed by atoms with Gasteiger partial charge in [0.15, 0.2) is 5.82 Å². The normalized spacial score (nSPS) is 11.3. The number of unbranched alkanes of at least 4 members (excludes halogenated alkanes) is 2. The Kier molecular flexibility index (Phi) is 35.2. The van der Waals surface area contributed by atoms with Gasteiger partial charge in [0.1, 0.15) is 63.4 Å². The van der Waals surface area contributed by atoms with Crippen LogP contribution >= 0.6 is 0 Å². The van der Waals surface area contributed by atoms with Gasteiger partial charge in [-0.2, -0.15) is 24.4 Å². The molecule has 13 aromatic carbocycles. The van der Waals surface area contributed by atoms with Gasteiger partial charge in [-0.1, -0.05) is 244 Å². The van der Waals surface area contributed by atoms with Gasteiger partial charge in [-0.15, -0.1) is 43.8 Å². The number of nitriles is 3. The van der Waals surface area contributed by atoms with E-state index < -0.39 is 47.1 Å². The molecule has 0 aliphatic rings. The minimum absolute atomic E-state index is 0. The Balaban J connectivity index is 0.000000186. The van der Waals surface area contributed by atoms with Crippen molar-refractivity contribution in [2.24, 2.45) is 0 Å². The number of methoxy groups -OCH3 is 1. The molecule has 0 spiro atoms. The fourth-order valence-electron chi connectivity index (χ4n) is 15.6. The zero-order valence-electron chi connectivity index (χ0n) is 75.9. The van der Waals surface area contributed by atoms with Gasteiger partial charge >= 0.3 is 6.36 Å². The standard InChI is InChI=1S/C37H31N5O4S.C35H32F3N5O3S.C35H35N5O2S.2CH4/c1-27-7-6-8-30(21-27)31-15-20-35(45-2)36(22-31)47(43,44)42(32-16-18-34(19-17-32)46-33-9-4-3-5-10-33)25-37-40-39-26-41(37)24-29-13-11-28(23-38)12-14-29;1-26-8-7-12-30(20-26)31-17-18-33(32(21-31)46-35(36,37)38)47(44,45)43(19-6-5-11-27-9-3-2-4-10-27)24-34-41-40-25-42(34)23-29-15-13-28(22-39)14-16-29;1-27-9-8-13-32(21-27)33-18-19-34(28(2)22-33)43(41,42)40(20-7-6-12-29-10-4-3-5-11-29)25-35-38-37-26-39(35)24-31-16-14-30(23-36)15-17-31;;/h3-22,26H,24-25H2,1-2H3;2-4,7-10,12-18,20-21,25H,5-6,11,19,23-24H2,1H3;3-5,8-11,13-19,21-22,26H,6-7,12,20,24-25H2,1-2H3;2*1H4. The Hall–Kier alpha value is -15.5. The van der Waals surface area contributed by atoms with E-state index in [2.05, 4.69) is 71.7 Å². The third-order valence-corrected chi connectivity index (χ3v) is 28.4. The molecule has 16 aromatic rings. The summed E-state index contributed by atoms with van der Waals surface area (Å²) in [6.07, 6.45) is 3.76. The Morgan fingerprint density at radius 2 is 0.734 bits per heavy atom. The molecular weight excluding hydrogens is 1820 g/mol. The van der Waals surface area contributed by atoms with Crippen LogP contribution in [0.2, 0.25) is 0 Å². The van der Waals surface area contributed by atoms with Gasteiger partial charge in [0.25, 0.3) is 10.0 Å². The fourth-order valence-corrected chi connectivity index (χ4v) is 20.3. The van der Waals surface area contributed by atoms with Gasteiger partial charge in [0.2, 0.25) is 20.0 Å². The first kappa shape index (κ1) is 102. The molecule has 0 bridgehead atoms. The van der Waals surface area contributed by atoms with E-state index >= 15 is 0 Å². The van der Waals surface area contributed by atoms with Crippen molar-refractivity contribution < 1.29 is 52.6 Å². The highest BCUT2D eigenvalue weighted by atomic mass is 32.2. The molecule has 30 heteroatoms. The number of para-hydroxylation sites is 1. The number of aromatic nitrogens is 9. The number of hydrogen-bond donors (Lipinski definition) is 0. The highest BCUT2D eigenvalue weighted by Crippen LogP contribution is 2.40. The molecule has 0 saturated heterocycles. The predicted octanol–water partition coefficient (Wildman–Crippen LogP) is 22.6. The molecule has 3 heterocycles. The third kappa shape index (κ3) is 27.5. The van der Waals surface area contributed by atoms with E-state index in [1.807, 2.05) is 202 Å². The summed E-state index contributed by atoms with van der Waals surface area (Å²) in [6, 6.07) is 102. The van der Waals surface area contributed by atoms with Gasteiger partial charge in [0.05, 0.1) is 91.9 Å². The van der Waals surface area contributed by atoms with E-state index in [0.29, 0.717) is 125 Å². The third-order valence-electron chi connectivity index (χ3n) is 22.7. The van der Waals surface area contributed by atoms with Crippen molar-refractivity contribution in [3.8, 4) is 74.6 Å².